The maximum Gasteiger partial charge on any atom is 0.266 e. The number of anilines is 1. The Bertz CT molecular complexity index is 1490. The maximum absolute atomic E-state index is 12.7. The van der Waals surface area contributed by atoms with E-state index in [1.54, 1.807) is 7.05 Å². The summed E-state index contributed by atoms with van der Waals surface area (Å²) < 4.78 is 4.16. The van der Waals surface area contributed by atoms with Gasteiger partial charge in [0.15, 0.2) is 10.8 Å². The van der Waals surface area contributed by atoms with Crippen LogP contribution in [0.4, 0.5) is 5.13 Å². The van der Waals surface area contributed by atoms with Crippen molar-refractivity contribution in [1.29, 1.82) is 0 Å². The summed E-state index contributed by atoms with van der Waals surface area (Å²) in [6.07, 6.45) is 1.35. The Kier molecular flexibility index (Phi) is 4.18. The minimum Gasteiger partial charge on any atom is -0.300 e. The van der Waals surface area contributed by atoms with Gasteiger partial charge in [-0.3, -0.25) is 14.2 Å². The molecule has 144 valence electrons. The topological polar surface area (TPSA) is 94.7 Å². The summed E-state index contributed by atoms with van der Waals surface area (Å²) in [5, 5.41) is 9.89. The zero-order valence-electron chi connectivity index (χ0n) is 15.1. The molecule has 3 aromatic heterocycles. The van der Waals surface area contributed by atoms with Crippen LogP contribution < -0.4 is 10.9 Å². The van der Waals surface area contributed by atoms with Gasteiger partial charge in [-0.25, -0.2) is 14.6 Å². The summed E-state index contributed by atoms with van der Waals surface area (Å²) in [6, 6.07) is 12.0. The number of fused-ring (bicyclic) bond motifs is 4. The largest absolute Gasteiger partial charge is 0.300 e. The molecule has 0 aliphatic carbocycles. The fourth-order valence-electron chi connectivity index (χ4n) is 3.28. The van der Waals surface area contributed by atoms with Crippen LogP contribution in [0.5, 0.6) is 0 Å². The smallest absolute Gasteiger partial charge is 0.266 e. The maximum atomic E-state index is 12.7. The Morgan fingerprint density at radius 3 is 2.93 bits per heavy atom. The highest BCUT2D eigenvalue weighted by Crippen LogP contribution is 2.31. The molecule has 1 N–H and O–H groups in total. The van der Waals surface area contributed by atoms with Crippen molar-refractivity contribution in [3.63, 3.8) is 0 Å². The predicted octanol–water partition coefficient (Wildman–Crippen LogP) is 3.29. The van der Waals surface area contributed by atoms with Gasteiger partial charge in [-0.1, -0.05) is 41.7 Å². The van der Waals surface area contributed by atoms with Crippen LogP contribution in [0.3, 0.4) is 0 Å². The van der Waals surface area contributed by atoms with Gasteiger partial charge in [-0.05, 0) is 27.4 Å². The summed E-state index contributed by atoms with van der Waals surface area (Å²) in [7, 11) is 1.70. The van der Waals surface area contributed by atoms with Crippen molar-refractivity contribution in [3.05, 3.63) is 57.7 Å². The van der Waals surface area contributed by atoms with Crippen LogP contribution >= 0.6 is 27.3 Å². The lowest BCUT2D eigenvalue weighted by molar-refractivity contribution is -0.116. The number of carbonyl (C=O) groups is 1. The molecule has 0 aliphatic rings. The van der Waals surface area contributed by atoms with Crippen molar-refractivity contribution in [2.24, 2.45) is 7.05 Å². The molecule has 0 saturated heterocycles. The minimum absolute atomic E-state index is 0.167. The van der Waals surface area contributed by atoms with Gasteiger partial charge in [0.1, 0.15) is 22.9 Å². The number of nitrogens with zero attached hydrogens (tertiary/aromatic N) is 5. The molecule has 29 heavy (non-hydrogen) atoms. The van der Waals surface area contributed by atoms with Crippen molar-refractivity contribution >= 4 is 70.3 Å². The molecule has 0 saturated carbocycles. The Hall–Kier alpha value is -3.11. The lowest BCUT2D eigenvalue weighted by Crippen LogP contribution is -2.28. The van der Waals surface area contributed by atoms with E-state index in [0.717, 1.165) is 21.0 Å². The van der Waals surface area contributed by atoms with E-state index in [4.69, 9.17) is 0 Å². The van der Waals surface area contributed by atoms with Crippen LogP contribution in [0.25, 0.3) is 32.0 Å². The van der Waals surface area contributed by atoms with Crippen molar-refractivity contribution in [2.75, 3.05) is 5.32 Å². The number of thiazole rings is 1. The number of carbonyl (C=O) groups excluding carboxylic acids is 1. The summed E-state index contributed by atoms with van der Waals surface area (Å²) in [5.41, 5.74) is 0.972. The zero-order valence-corrected chi connectivity index (χ0v) is 17.5. The third kappa shape index (κ3) is 3.00. The second kappa shape index (κ2) is 6.75. The first-order valence-electron chi connectivity index (χ1n) is 8.67. The average molecular weight is 469 g/mol. The second-order valence-corrected chi connectivity index (χ2v) is 8.27. The molecule has 1 amide bonds. The van der Waals surface area contributed by atoms with Crippen LogP contribution in [0.2, 0.25) is 0 Å². The molecule has 3 heterocycles. The molecule has 0 fully saturated rings. The number of aromatic nitrogens is 5. The number of aryl methyl sites for hydroxylation is 1. The first-order valence-corrected chi connectivity index (χ1v) is 10.3. The quantitative estimate of drug-likeness (QED) is 0.438. The zero-order chi connectivity index (χ0) is 20.1. The molecule has 0 radical (unpaired) electrons. The van der Waals surface area contributed by atoms with E-state index in [1.807, 2.05) is 36.4 Å². The van der Waals surface area contributed by atoms with E-state index in [1.165, 1.54) is 26.9 Å². The molecule has 10 heteroatoms. The van der Waals surface area contributed by atoms with Crippen LogP contribution in [-0.4, -0.2) is 30.2 Å². The third-order valence-corrected chi connectivity index (χ3v) is 6.10. The number of rotatable bonds is 3. The summed E-state index contributed by atoms with van der Waals surface area (Å²) >= 11 is 4.66. The number of benzene rings is 2. The van der Waals surface area contributed by atoms with Crippen LogP contribution in [0.1, 0.15) is 0 Å². The van der Waals surface area contributed by atoms with Gasteiger partial charge in [0, 0.05) is 12.4 Å². The van der Waals surface area contributed by atoms with Crippen LogP contribution in [-0.2, 0) is 18.4 Å². The van der Waals surface area contributed by atoms with E-state index in [2.05, 4.69) is 36.3 Å². The monoisotopic (exact) mass is 468 g/mol. The Morgan fingerprint density at radius 2 is 2.07 bits per heavy atom. The fourth-order valence-corrected chi connectivity index (χ4v) is 4.76. The molecule has 0 unspecified atom stereocenters. The van der Waals surface area contributed by atoms with Gasteiger partial charge < -0.3 is 5.32 Å². The van der Waals surface area contributed by atoms with Crippen molar-refractivity contribution in [2.45, 2.75) is 6.54 Å². The van der Waals surface area contributed by atoms with Crippen LogP contribution in [0, 0.1) is 0 Å². The SMILES string of the molecule is Cn1nc(Br)c2c(=O)n(CC(=O)Nc3nc4c(ccc5ccccc54)s3)cnc21. The van der Waals surface area contributed by atoms with E-state index in [-0.39, 0.29) is 18.0 Å². The standard InChI is InChI=1S/C19H13BrN6O2S/c1-25-17-14(16(20)24-25)18(28)26(9-21-17)8-13(27)22-19-23-15-11-5-3-2-4-10(11)6-7-12(15)29-19/h2-7,9H,8H2,1H3,(H,22,23,27). The molecule has 2 aromatic carbocycles. The average Bonchev–Trinajstić information content (AvgIpc) is 3.24. The minimum atomic E-state index is -0.350. The number of hydrogen-bond acceptors (Lipinski definition) is 6. The number of nitrogens with one attached hydrogen (secondary N) is 1. The van der Waals surface area contributed by atoms with Gasteiger partial charge in [0.25, 0.3) is 5.56 Å². The van der Waals surface area contributed by atoms with E-state index < -0.39 is 0 Å². The predicted molar refractivity (Wildman–Crippen MR) is 116 cm³/mol. The molecule has 5 rings (SSSR count). The summed E-state index contributed by atoms with van der Waals surface area (Å²) in [5.74, 6) is -0.350. The van der Waals surface area contributed by atoms with Crippen molar-refractivity contribution < 1.29 is 4.79 Å². The molecule has 0 atom stereocenters. The number of hydrogen-bond donors (Lipinski definition) is 1. The summed E-state index contributed by atoms with van der Waals surface area (Å²) in [6.45, 7) is -0.167. The lowest BCUT2D eigenvalue weighted by atomic mass is 10.1. The molecular weight excluding hydrogens is 456 g/mol. The first kappa shape index (κ1) is 18.0. The van der Waals surface area contributed by atoms with Gasteiger partial charge in [0.2, 0.25) is 5.91 Å². The Balaban J connectivity index is 1.44. The Labute approximate surface area is 175 Å². The highest BCUT2D eigenvalue weighted by molar-refractivity contribution is 9.10. The van der Waals surface area contributed by atoms with Gasteiger partial charge in [0.05, 0.1) is 10.2 Å². The summed E-state index contributed by atoms with van der Waals surface area (Å²) in [4.78, 5) is 34.0. The Morgan fingerprint density at radius 1 is 1.24 bits per heavy atom. The third-order valence-electron chi connectivity index (χ3n) is 4.61. The molecular formula is C19H13BrN6O2S. The van der Waals surface area contributed by atoms with Crippen molar-refractivity contribution in [3.8, 4) is 0 Å². The highest BCUT2D eigenvalue weighted by atomic mass is 79.9. The number of amides is 1. The van der Waals surface area contributed by atoms with Gasteiger partial charge >= 0.3 is 0 Å². The lowest BCUT2D eigenvalue weighted by Gasteiger charge is -2.05. The van der Waals surface area contributed by atoms with Crippen molar-refractivity contribution in [1.82, 2.24) is 24.3 Å². The second-order valence-electron chi connectivity index (χ2n) is 6.49. The molecule has 0 bridgehead atoms. The van der Waals surface area contributed by atoms with Crippen LogP contribution in [0.15, 0.2) is 52.1 Å². The molecule has 0 spiro atoms. The fraction of sp³-hybridized carbons (Fsp3) is 0.105. The molecule has 8 nitrogen and oxygen atoms in total. The normalized spacial score (nSPS) is 11.5. The van der Waals surface area contributed by atoms with E-state index in [9.17, 15) is 9.59 Å². The van der Waals surface area contributed by atoms with E-state index in [0.29, 0.717) is 20.8 Å². The highest BCUT2D eigenvalue weighted by Gasteiger charge is 2.16. The number of halogens is 1. The molecule has 5 aromatic rings. The van der Waals surface area contributed by atoms with Gasteiger partial charge in [-0.2, -0.15) is 5.10 Å². The van der Waals surface area contributed by atoms with E-state index >= 15 is 0 Å². The first-order chi connectivity index (χ1) is 14.0. The van der Waals surface area contributed by atoms with Gasteiger partial charge in [-0.15, -0.1) is 0 Å². The molecule has 0 aliphatic heterocycles.